The van der Waals surface area contributed by atoms with Gasteiger partial charge in [-0.2, -0.15) is 18.3 Å². The number of ether oxygens (including phenoxy) is 1. The lowest BCUT2D eigenvalue weighted by Crippen LogP contribution is -2.47. The van der Waals surface area contributed by atoms with Crippen LogP contribution in [0.1, 0.15) is 24.0 Å². The maximum atomic E-state index is 13.3. The molecule has 1 saturated heterocycles. The number of nitrogens with one attached hydrogen (secondary N) is 2. The van der Waals surface area contributed by atoms with Crippen LogP contribution in [-0.2, 0) is 16.5 Å². The van der Waals surface area contributed by atoms with Gasteiger partial charge in [0.25, 0.3) is 0 Å². The lowest BCUT2D eigenvalue weighted by molar-refractivity contribution is -0.137. The number of urea groups is 1. The van der Waals surface area contributed by atoms with Crippen LogP contribution in [0, 0.1) is 0 Å². The number of hydrogen-bond acceptors (Lipinski definition) is 3. The quantitative estimate of drug-likeness (QED) is 0.558. The third kappa shape index (κ3) is 4.07. The Morgan fingerprint density at radius 1 is 1.23 bits per heavy atom. The van der Waals surface area contributed by atoms with Crippen molar-refractivity contribution in [3.8, 4) is 0 Å². The van der Waals surface area contributed by atoms with Gasteiger partial charge in [0, 0.05) is 25.6 Å². The van der Waals surface area contributed by atoms with Crippen molar-refractivity contribution in [1.82, 2.24) is 15.1 Å². The van der Waals surface area contributed by atoms with Crippen LogP contribution >= 0.6 is 11.6 Å². The molecule has 2 aromatic carbocycles. The number of fused-ring (bicyclic) bond motifs is 1. The molecule has 1 aliphatic rings. The predicted octanol–water partition coefficient (Wildman–Crippen LogP) is 5.40. The van der Waals surface area contributed by atoms with Crippen LogP contribution in [0.25, 0.3) is 10.9 Å². The van der Waals surface area contributed by atoms with Crippen molar-refractivity contribution in [3.63, 3.8) is 0 Å². The number of amides is 2. The molecule has 2 heterocycles. The summed E-state index contributed by atoms with van der Waals surface area (Å²) < 4.78 is 45.5. The number of nitrogens with zero attached hydrogens (tertiary/aromatic N) is 2. The van der Waals surface area contributed by atoms with Gasteiger partial charge in [-0.05, 0) is 42.7 Å². The van der Waals surface area contributed by atoms with Crippen molar-refractivity contribution in [2.24, 2.45) is 0 Å². The van der Waals surface area contributed by atoms with Gasteiger partial charge < -0.3 is 9.64 Å². The summed E-state index contributed by atoms with van der Waals surface area (Å²) in [5, 5.41) is 10.2. The number of carbonyl (C=O) groups excluding carboxylic acids is 1. The molecule has 0 unspecified atom stereocenters. The maximum Gasteiger partial charge on any atom is 0.417 e. The average molecular weight is 453 g/mol. The Hall–Kier alpha value is -2.78. The Labute approximate surface area is 181 Å². The number of aromatic amines is 1. The fourth-order valence-electron chi connectivity index (χ4n) is 3.95. The fourth-order valence-corrected chi connectivity index (χ4v) is 4.17. The van der Waals surface area contributed by atoms with Gasteiger partial charge in [0.15, 0.2) is 5.82 Å². The first-order valence-electron chi connectivity index (χ1n) is 9.65. The molecule has 0 radical (unpaired) electrons. The van der Waals surface area contributed by atoms with Crippen LogP contribution in [0.15, 0.2) is 42.5 Å². The SMILES string of the molecule is COC1(c2ccc(Cl)c(C(F)(F)F)c2)CCN(C(=O)Nc2n[nH]c3ccccc23)CC1. The van der Waals surface area contributed by atoms with Gasteiger partial charge in [-0.1, -0.05) is 29.8 Å². The number of aromatic nitrogens is 2. The molecule has 0 bridgehead atoms. The highest BCUT2D eigenvalue weighted by Gasteiger charge is 2.40. The Kier molecular flexibility index (Phi) is 5.57. The highest BCUT2D eigenvalue weighted by atomic mass is 35.5. The standard InChI is InChI=1S/C21H20ClF3N4O2/c1-31-20(13-6-7-16(22)15(12-13)21(23,24)25)8-10-29(11-9-20)19(30)26-18-14-4-2-3-5-17(14)27-28-18/h2-7,12H,8-11H2,1H3,(H2,26,27,28,30). The van der Waals surface area contributed by atoms with E-state index in [0.717, 1.165) is 17.0 Å². The highest BCUT2D eigenvalue weighted by Crippen LogP contribution is 2.41. The minimum Gasteiger partial charge on any atom is -0.373 e. The number of para-hydroxylation sites is 1. The summed E-state index contributed by atoms with van der Waals surface area (Å²) in [5.41, 5.74) is -0.628. The van der Waals surface area contributed by atoms with Crippen molar-refractivity contribution in [2.75, 3.05) is 25.5 Å². The number of H-pyrrole nitrogens is 1. The Morgan fingerprint density at radius 3 is 2.61 bits per heavy atom. The third-order valence-corrected chi connectivity index (χ3v) is 6.07. The minimum absolute atomic E-state index is 0.312. The number of methoxy groups -OCH3 is 1. The van der Waals surface area contributed by atoms with E-state index in [1.165, 1.54) is 13.2 Å². The monoisotopic (exact) mass is 452 g/mol. The molecule has 0 saturated carbocycles. The zero-order valence-corrected chi connectivity index (χ0v) is 17.3. The van der Waals surface area contributed by atoms with E-state index in [9.17, 15) is 18.0 Å². The zero-order chi connectivity index (χ0) is 22.2. The first-order chi connectivity index (χ1) is 14.7. The molecule has 31 heavy (non-hydrogen) atoms. The summed E-state index contributed by atoms with van der Waals surface area (Å²) >= 11 is 5.75. The van der Waals surface area contributed by atoms with Crippen molar-refractivity contribution < 1.29 is 22.7 Å². The zero-order valence-electron chi connectivity index (χ0n) is 16.6. The van der Waals surface area contributed by atoms with Crippen LogP contribution in [0.3, 0.4) is 0 Å². The molecule has 2 amide bonds. The van der Waals surface area contributed by atoms with Crippen molar-refractivity contribution in [1.29, 1.82) is 0 Å². The normalized spacial score (nSPS) is 16.5. The summed E-state index contributed by atoms with van der Waals surface area (Å²) in [4.78, 5) is 14.3. The van der Waals surface area contributed by atoms with Crippen LogP contribution in [0.2, 0.25) is 5.02 Å². The topological polar surface area (TPSA) is 70.2 Å². The van der Waals surface area contributed by atoms with Crippen molar-refractivity contribution >= 4 is 34.4 Å². The van der Waals surface area contributed by atoms with Crippen molar-refractivity contribution in [3.05, 3.63) is 58.6 Å². The van der Waals surface area contributed by atoms with Crippen LogP contribution in [0.4, 0.5) is 23.8 Å². The van der Waals surface area contributed by atoms with E-state index in [0.29, 0.717) is 37.3 Å². The number of carbonyl (C=O) groups is 1. The highest BCUT2D eigenvalue weighted by molar-refractivity contribution is 6.31. The van der Waals surface area contributed by atoms with Gasteiger partial charge in [-0.3, -0.25) is 10.4 Å². The van der Waals surface area contributed by atoms with Gasteiger partial charge in [-0.25, -0.2) is 4.79 Å². The maximum absolute atomic E-state index is 13.3. The summed E-state index contributed by atoms with van der Waals surface area (Å²) in [6.07, 6.45) is -3.87. The van der Waals surface area contributed by atoms with Crippen LogP contribution < -0.4 is 5.32 Å². The molecule has 1 fully saturated rings. The lowest BCUT2D eigenvalue weighted by atomic mass is 9.83. The molecule has 6 nitrogen and oxygen atoms in total. The van der Waals surface area contributed by atoms with Crippen molar-refractivity contribution in [2.45, 2.75) is 24.6 Å². The van der Waals surface area contributed by atoms with E-state index in [4.69, 9.17) is 16.3 Å². The molecule has 1 aliphatic heterocycles. The Balaban J connectivity index is 1.49. The third-order valence-electron chi connectivity index (χ3n) is 5.74. The second kappa shape index (κ2) is 8.05. The largest absolute Gasteiger partial charge is 0.417 e. The molecule has 164 valence electrons. The van der Waals surface area contributed by atoms with Gasteiger partial charge >= 0.3 is 12.2 Å². The molecule has 0 spiro atoms. The second-order valence-electron chi connectivity index (χ2n) is 7.43. The van der Waals surface area contributed by atoms with E-state index in [2.05, 4.69) is 15.5 Å². The minimum atomic E-state index is -4.56. The van der Waals surface area contributed by atoms with Crippen LogP contribution in [0.5, 0.6) is 0 Å². The Morgan fingerprint density at radius 2 is 1.94 bits per heavy atom. The number of piperidine rings is 1. The second-order valence-corrected chi connectivity index (χ2v) is 7.83. The summed E-state index contributed by atoms with van der Waals surface area (Å²) in [6, 6.07) is 10.9. The van der Waals surface area contributed by atoms with Gasteiger partial charge in [-0.15, -0.1) is 0 Å². The smallest absolute Gasteiger partial charge is 0.373 e. The number of rotatable bonds is 3. The summed E-state index contributed by atoms with van der Waals surface area (Å²) in [6.45, 7) is 0.623. The molecule has 0 aliphatic carbocycles. The molecule has 10 heteroatoms. The predicted molar refractivity (Wildman–Crippen MR) is 111 cm³/mol. The molecule has 2 N–H and O–H groups in total. The number of benzene rings is 2. The van der Waals surface area contributed by atoms with Gasteiger partial charge in [0.1, 0.15) is 0 Å². The molecular formula is C21H20ClF3N4O2. The molecular weight excluding hydrogens is 433 g/mol. The van der Waals surface area contributed by atoms with Gasteiger partial charge in [0.2, 0.25) is 0 Å². The number of likely N-dealkylation sites (tertiary alicyclic amines) is 1. The number of hydrogen-bond donors (Lipinski definition) is 2. The molecule has 0 atom stereocenters. The summed E-state index contributed by atoms with van der Waals surface area (Å²) in [5.74, 6) is 0.427. The first-order valence-corrected chi connectivity index (χ1v) is 10.0. The van der Waals surface area contributed by atoms with E-state index in [1.54, 1.807) is 11.0 Å². The van der Waals surface area contributed by atoms with Crippen LogP contribution in [-0.4, -0.2) is 41.3 Å². The average Bonchev–Trinajstić information content (AvgIpc) is 3.16. The van der Waals surface area contributed by atoms with E-state index in [1.807, 2.05) is 24.3 Å². The van der Waals surface area contributed by atoms with Gasteiger partial charge in [0.05, 0.1) is 21.7 Å². The lowest BCUT2D eigenvalue weighted by Gasteiger charge is -2.41. The molecule has 3 aromatic rings. The van der Waals surface area contributed by atoms with E-state index < -0.39 is 17.3 Å². The first kappa shape index (κ1) is 21.5. The van der Waals surface area contributed by atoms with E-state index in [-0.39, 0.29) is 11.1 Å². The Bertz CT molecular complexity index is 1110. The summed E-state index contributed by atoms with van der Waals surface area (Å²) in [7, 11) is 1.47. The number of halogens is 4. The number of alkyl halides is 3. The number of anilines is 1. The molecule has 1 aromatic heterocycles. The molecule has 4 rings (SSSR count). The fraction of sp³-hybridized carbons (Fsp3) is 0.333. The van der Waals surface area contributed by atoms with E-state index >= 15 is 0 Å².